The monoisotopic (exact) mass is 368 g/mol. The van der Waals surface area contributed by atoms with Crippen molar-refractivity contribution < 1.29 is 23.9 Å². The third-order valence-corrected chi connectivity index (χ3v) is 6.82. The van der Waals surface area contributed by atoms with Gasteiger partial charge in [-0.05, 0) is 38.2 Å². The number of hydrogen-bond acceptors (Lipinski definition) is 5. The van der Waals surface area contributed by atoms with Gasteiger partial charge in [-0.25, -0.2) is 4.79 Å². The molecule has 1 heterocycles. The van der Waals surface area contributed by atoms with Crippen molar-refractivity contribution in [1.82, 2.24) is 0 Å². The topological polar surface area (TPSA) is 69.7 Å². The van der Waals surface area contributed by atoms with Gasteiger partial charge in [0.2, 0.25) is 5.78 Å². The van der Waals surface area contributed by atoms with E-state index in [9.17, 15) is 14.4 Å². The van der Waals surface area contributed by atoms with E-state index in [1.165, 1.54) is 0 Å². The number of esters is 1. The van der Waals surface area contributed by atoms with E-state index in [0.29, 0.717) is 12.8 Å². The molecule has 0 amide bonds. The smallest absolute Gasteiger partial charge is 0.335 e. The number of Topliss-reactive ketones (excluding diaryl/α,β-unsaturated/α-hetero) is 2. The van der Waals surface area contributed by atoms with E-state index in [2.05, 4.69) is 15.9 Å². The normalized spacial score (nSPS) is 43.5. The first kappa shape index (κ1) is 14.6. The molecular formula is C16H17BrO5. The fourth-order valence-corrected chi connectivity index (χ4v) is 5.98. The van der Waals surface area contributed by atoms with Crippen molar-refractivity contribution in [3.8, 4) is 0 Å². The van der Waals surface area contributed by atoms with Gasteiger partial charge in [-0.3, -0.25) is 9.59 Å². The molecule has 22 heavy (non-hydrogen) atoms. The first-order chi connectivity index (χ1) is 10.4. The first-order valence-corrected chi connectivity index (χ1v) is 8.53. The van der Waals surface area contributed by atoms with Crippen LogP contribution in [0.3, 0.4) is 0 Å². The van der Waals surface area contributed by atoms with Gasteiger partial charge in [0.05, 0.1) is 11.3 Å². The Bertz CT molecular complexity index is 638. The molecule has 1 saturated heterocycles. The number of halogens is 1. The number of ketones is 2. The Morgan fingerprint density at radius 2 is 2.09 bits per heavy atom. The summed E-state index contributed by atoms with van der Waals surface area (Å²) in [6.07, 6.45) is 3.86. The molecule has 6 heteroatoms. The van der Waals surface area contributed by atoms with E-state index in [1.807, 2.05) is 0 Å². The van der Waals surface area contributed by atoms with E-state index in [4.69, 9.17) is 9.47 Å². The van der Waals surface area contributed by atoms with Gasteiger partial charge in [0.25, 0.3) is 5.79 Å². The second kappa shape index (κ2) is 4.51. The van der Waals surface area contributed by atoms with Gasteiger partial charge in [-0.2, -0.15) is 0 Å². The first-order valence-electron chi connectivity index (χ1n) is 7.73. The van der Waals surface area contributed by atoms with Crippen LogP contribution < -0.4 is 0 Å². The molecule has 3 fully saturated rings. The maximum Gasteiger partial charge on any atom is 0.335 e. The third-order valence-electron chi connectivity index (χ3n) is 5.79. The van der Waals surface area contributed by atoms with Crippen LogP contribution in [0.25, 0.3) is 0 Å². The summed E-state index contributed by atoms with van der Waals surface area (Å²) in [6.45, 7) is 1.36. The summed E-state index contributed by atoms with van der Waals surface area (Å²) in [7, 11) is 0. The molecule has 2 spiro atoms. The highest BCUT2D eigenvalue weighted by molar-refractivity contribution is 9.11. The Kier molecular flexibility index (Phi) is 2.99. The van der Waals surface area contributed by atoms with Crippen LogP contribution in [0.15, 0.2) is 10.1 Å². The van der Waals surface area contributed by atoms with Crippen molar-refractivity contribution >= 4 is 33.5 Å². The number of hydrogen-bond donors (Lipinski definition) is 0. The van der Waals surface area contributed by atoms with E-state index in [-0.39, 0.29) is 24.1 Å². The second-order valence-electron chi connectivity index (χ2n) is 6.72. The lowest BCUT2D eigenvalue weighted by molar-refractivity contribution is -0.224. The Labute approximate surface area is 136 Å². The molecule has 0 aromatic heterocycles. The molecule has 4 atom stereocenters. The number of carbonyl (C=O) groups is 3. The lowest BCUT2D eigenvalue weighted by Gasteiger charge is -2.57. The molecule has 5 rings (SSSR count). The summed E-state index contributed by atoms with van der Waals surface area (Å²) in [6, 6.07) is 0. The molecule has 0 unspecified atom stereocenters. The Balaban J connectivity index is 1.94. The number of carbonyl (C=O) groups excluding carboxylic acids is 3. The van der Waals surface area contributed by atoms with Gasteiger partial charge in [0.1, 0.15) is 12.4 Å². The quantitative estimate of drug-likeness (QED) is 0.664. The number of ether oxygens (including phenoxy) is 2. The van der Waals surface area contributed by atoms with Crippen LogP contribution in [0.4, 0.5) is 0 Å². The predicted octanol–water partition coefficient (Wildman–Crippen LogP) is 2.27. The minimum absolute atomic E-state index is 0.0388. The maximum atomic E-state index is 13.4. The summed E-state index contributed by atoms with van der Waals surface area (Å²) in [5, 5.41) is 0. The zero-order valence-corrected chi connectivity index (χ0v) is 13.9. The predicted molar refractivity (Wildman–Crippen MR) is 78.9 cm³/mol. The van der Waals surface area contributed by atoms with Crippen LogP contribution in [0.5, 0.6) is 0 Å². The summed E-state index contributed by atoms with van der Waals surface area (Å²) in [5.41, 5.74) is 0.194. The highest BCUT2D eigenvalue weighted by atomic mass is 79.9. The van der Waals surface area contributed by atoms with Crippen molar-refractivity contribution in [2.45, 2.75) is 44.8 Å². The molecule has 0 N–H and O–H groups in total. The number of allylic oxidation sites excluding steroid dienone is 1. The van der Waals surface area contributed by atoms with E-state index in [0.717, 1.165) is 29.3 Å². The van der Waals surface area contributed by atoms with Crippen LogP contribution in [0.1, 0.15) is 39.0 Å². The van der Waals surface area contributed by atoms with Crippen molar-refractivity contribution in [3.63, 3.8) is 0 Å². The molecule has 4 aliphatic carbocycles. The fourth-order valence-electron chi connectivity index (χ4n) is 4.94. The Morgan fingerprint density at radius 3 is 2.73 bits per heavy atom. The molecule has 5 aliphatic rings. The van der Waals surface area contributed by atoms with Gasteiger partial charge in [0.15, 0.2) is 0 Å². The van der Waals surface area contributed by atoms with E-state index in [1.54, 1.807) is 6.92 Å². The molecule has 0 aromatic carbocycles. The van der Waals surface area contributed by atoms with Crippen LogP contribution >= 0.6 is 15.9 Å². The average Bonchev–Trinajstić information content (AvgIpc) is 2.87. The minimum atomic E-state index is -1.51. The largest absolute Gasteiger partial charge is 0.423 e. The van der Waals surface area contributed by atoms with Crippen molar-refractivity contribution in [2.75, 3.05) is 6.61 Å². The minimum Gasteiger partial charge on any atom is -0.423 e. The molecule has 0 aromatic rings. The molecule has 2 saturated carbocycles. The van der Waals surface area contributed by atoms with Crippen molar-refractivity contribution in [3.05, 3.63) is 10.1 Å². The maximum absolute atomic E-state index is 13.4. The van der Waals surface area contributed by atoms with Gasteiger partial charge < -0.3 is 9.47 Å². The van der Waals surface area contributed by atoms with Gasteiger partial charge in [-0.15, -0.1) is 0 Å². The fraction of sp³-hybridized carbons (Fsp3) is 0.688. The number of rotatable bonds is 1. The summed E-state index contributed by atoms with van der Waals surface area (Å²) < 4.78 is 11.9. The standard InChI is InChI=1S/C16H17BrO5/c1-8(18)10-6-11-13(17)9-4-2-3-5-15(9,10)14(20)16(11)21-7-12(19)22-16/h10-11H,2-7H2,1H3/t10-,11+,15+,16-/m0/s1. The molecular weight excluding hydrogens is 352 g/mol. The van der Waals surface area contributed by atoms with Crippen LogP contribution in [0, 0.1) is 17.3 Å². The summed E-state index contributed by atoms with van der Waals surface area (Å²) in [4.78, 5) is 37.2. The SMILES string of the molecule is CC(=O)[C@@H]1C[C@@H]2C(Br)=C3CCCC[C@@]31C(=O)[C@]21OCC(=O)O1. The number of fused-ring (bicyclic) bond motifs is 1. The zero-order valence-electron chi connectivity index (χ0n) is 12.3. The second-order valence-corrected chi connectivity index (χ2v) is 7.57. The molecule has 0 radical (unpaired) electrons. The highest BCUT2D eigenvalue weighted by Crippen LogP contribution is 2.65. The van der Waals surface area contributed by atoms with Gasteiger partial charge in [0, 0.05) is 10.4 Å². The van der Waals surface area contributed by atoms with Gasteiger partial charge >= 0.3 is 5.97 Å². The van der Waals surface area contributed by atoms with Crippen molar-refractivity contribution in [1.29, 1.82) is 0 Å². The molecule has 2 bridgehead atoms. The van der Waals surface area contributed by atoms with E-state index >= 15 is 0 Å². The lowest BCUT2D eigenvalue weighted by Crippen LogP contribution is -2.67. The zero-order chi connectivity index (χ0) is 15.7. The van der Waals surface area contributed by atoms with Crippen LogP contribution in [-0.4, -0.2) is 29.9 Å². The highest BCUT2D eigenvalue weighted by Gasteiger charge is 2.73. The molecule has 5 nitrogen and oxygen atoms in total. The Morgan fingerprint density at radius 1 is 1.32 bits per heavy atom. The van der Waals surface area contributed by atoms with Crippen molar-refractivity contribution in [2.24, 2.45) is 17.3 Å². The average molecular weight is 369 g/mol. The summed E-state index contributed by atoms with van der Waals surface area (Å²) >= 11 is 3.64. The lowest BCUT2D eigenvalue weighted by atomic mass is 9.48. The molecule has 1 aliphatic heterocycles. The summed E-state index contributed by atoms with van der Waals surface area (Å²) in [5.74, 6) is -2.90. The van der Waals surface area contributed by atoms with Crippen LogP contribution in [-0.2, 0) is 23.9 Å². The van der Waals surface area contributed by atoms with E-state index < -0.39 is 23.1 Å². The Hall–Kier alpha value is -1.01. The molecule has 118 valence electrons. The van der Waals surface area contributed by atoms with Crippen LogP contribution in [0.2, 0.25) is 0 Å². The van der Waals surface area contributed by atoms with Gasteiger partial charge in [-0.1, -0.05) is 22.4 Å². The third kappa shape index (κ3) is 1.50.